The minimum Gasteiger partial charge on any atom is -0.444 e. The molecule has 0 bridgehead atoms. The fourth-order valence-corrected chi connectivity index (χ4v) is 4.01. The van der Waals surface area contributed by atoms with Gasteiger partial charge in [0.2, 0.25) is 0 Å². The highest BCUT2D eigenvalue weighted by molar-refractivity contribution is 7.92. The van der Waals surface area contributed by atoms with Crippen LogP contribution in [-0.2, 0) is 14.5 Å². The average molecular weight is 323 g/mol. The van der Waals surface area contributed by atoms with Gasteiger partial charge in [-0.15, -0.1) is 0 Å². The lowest BCUT2D eigenvalue weighted by atomic mass is 10.2. The third kappa shape index (κ3) is 3.04. The normalized spacial score (nSPS) is 24.4. The van der Waals surface area contributed by atoms with Gasteiger partial charge >= 0.3 is 6.09 Å². The van der Waals surface area contributed by atoms with Gasteiger partial charge in [-0.25, -0.2) is 9.00 Å². The Labute approximate surface area is 131 Å². The number of anilines is 2. The van der Waals surface area contributed by atoms with Crippen molar-refractivity contribution in [2.24, 2.45) is 0 Å². The topological polar surface area (TPSA) is 73.7 Å². The fraction of sp³-hybridized carbons (Fsp3) is 0.533. The molecule has 0 aromatic heterocycles. The van der Waals surface area contributed by atoms with Crippen LogP contribution in [0.3, 0.4) is 0 Å². The van der Waals surface area contributed by atoms with Gasteiger partial charge in [-0.1, -0.05) is 6.92 Å². The maximum atomic E-state index is 11.8. The molecule has 120 valence electrons. The Morgan fingerprint density at radius 2 is 1.82 bits per heavy atom. The van der Waals surface area contributed by atoms with Gasteiger partial charge in [0, 0.05) is 45.7 Å². The van der Waals surface area contributed by atoms with Crippen LogP contribution in [-0.4, -0.2) is 47.5 Å². The van der Waals surface area contributed by atoms with Crippen LogP contribution < -0.4 is 9.80 Å². The summed E-state index contributed by atoms with van der Waals surface area (Å²) in [5.41, 5.74) is 1.88. The Hall–Kier alpha value is -1.76. The molecule has 6 nitrogen and oxygen atoms in total. The number of rotatable bonds is 3. The number of ether oxygens (including phenoxy) is 1. The second-order valence-electron chi connectivity index (χ2n) is 5.75. The number of carbonyl (C=O) groups is 1. The minimum atomic E-state index is -2.37. The molecule has 0 unspecified atom stereocenters. The summed E-state index contributed by atoms with van der Waals surface area (Å²) >= 11 is 0. The standard InChI is InChI=1S/C15H21N3O3S/c1-2-14-11-18(15(19)21-14)13-5-3-12(4-6-13)17-7-9-22(16,20)10-8-17/h3-6,14,16H,2,7-11H2,1H3/t14-/m0/s1. The molecule has 1 amide bonds. The molecule has 2 aliphatic rings. The largest absolute Gasteiger partial charge is 0.444 e. The number of nitrogens with zero attached hydrogens (tertiary/aromatic N) is 2. The summed E-state index contributed by atoms with van der Waals surface area (Å²) in [6.45, 7) is 3.89. The first-order valence-electron chi connectivity index (χ1n) is 7.56. The number of hydrogen-bond donors (Lipinski definition) is 1. The van der Waals surface area contributed by atoms with Gasteiger partial charge in [-0.2, -0.15) is 0 Å². The second-order valence-corrected chi connectivity index (χ2v) is 8.19. The predicted molar refractivity (Wildman–Crippen MR) is 87.2 cm³/mol. The van der Waals surface area contributed by atoms with Crippen molar-refractivity contribution in [3.63, 3.8) is 0 Å². The highest BCUT2D eigenvalue weighted by atomic mass is 32.2. The van der Waals surface area contributed by atoms with Gasteiger partial charge in [-0.05, 0) is 30.7 Å². The number of carbonyl (C=O) groups excluding carboxylic acids is 1. The molecule has 0 aliphatic carbocycles. The highest BCUT2D eigenvalue weighted by Gasteiger charge is 2.31. The van der Waals surface area contributed by atoms with Crippen LogP contribution in [0, 0.1) is 4.78 Å². The molecule has 1 N–H and O–H groups in total. The van der Waals surface area contributed by atoms with Crippen molar-refractivity contribution < 1.29 is 13.7 Å². The summed E-state index contributed by atoms with van der Waals surface area (Å²) in [5, 5.41) is 0. The van der Waals surface area contributed by atoms with Crippen molar-refractivity contribution in [1.29, 1.82) is 4.78 Å². The van der Waals surface area contributed by atoms with Gasteiger partial charge in [0.05, 0.1) is 6.54 Å². The van der Waals surface area contributed by atoms with Crippen LogP contribution in [0.15, 0.2) is 24.3 Å². The molecule has 1 atom stereocenters. The molecule has 7 heteroatoms. The number of hydrogen-bond acceptors (Lipinski definition) is 5. The van der Waals surface area contributed by atoms with E-state index < -0.39 is 9.73 Å². The van der Waals surface area contributed by atoms with E-state index in [-0.39, 0.29) is 12.2 Å². The smallest absolute Gasteiger partial charge is 0.414 e. The van der Waals surface area contributed by atoms with E-state index in [4.69, 9.17) is 9.52 Å². The summed E-state index contributed by atoms with van der Waals surface area (Å²) in [4.78, 5) is 15.6. The Bertz CT molecular complexity index is 643. The molecular weight excluding hydrogens is 302 g/mol. The van der Waals surface area contributed by atoms with Crippen LogP contribution in [0.2, 0.25) is 0 Å². The number of nitrogens with one attached hydrogen (secondary N) is 1. The van der Waals surface area contributed by atoms with Crippen molar-refractivity contribution >= 4 is 27.2 Å². The van der Waals surface area contributed by atoms with Gasteiger partial charge in [-0.3, -0.25) is 9.68 Å². The predicted octanol–water partition coefficient (Wildman–Crippen LogP) is 2.29. The lowest BCUT2D eigenvalue weighted by molar-refractivity contribution is 0.139. The van der Waals surface area contributed by atoms with E-state index in [9.17, 15) is 9.00 Å². The summed E-state index contributed by atoms with van der Waals surface area (Å²) in [5.74, 6) is 0.844. The van der Waals surface area contributed by atoms with E-state index in [1.165, 1.54) is 0 Å². The highest BCUT2D eigenvalue weighted by Crippen LogP contribution is 2.26. The molecule has 22 heavy (non-hydrogen) atoms. The van der Waals surface area contributed by atoms with Crippen LogP contribution in [0.4, 0.5) is 16.2 Å². The molecule has 0 spiro atoms. The molecule has 2 saturated heterocycles. The van der Waals surface area contributed by atoms with E-state index in [0.29, 0.717) is 31.1 Å². The molecule has 1 aromatic rings. The maximum absolute atomic E-state index is 11.8. The van der Waals surface area contributed by atoms with Crippen LogP contribution >= 0.6 is 0 Å². The van der Waals surface area contributed by atoms with Gasteiger partial charge in [0.1, 0.15) is 6.10 Å². The number of benzene rings is 1. The number of amides is 1. The molecule has 1 aromatic carbocycles. The average Bonchev–Trinajstić information content (AvgIpc) is 2.89. The third-order valence-electron chi connectivity index (χ3n) is 4.24. The molecule has 3 rings (SSSR count). The molecule has 0 radical (unpaired) electrons. The summed E-state index contributed by atoms with van der Waals surface area (Å²) < 4.78 is 24.6. The Kier molecular flexibility index (Phi) is 3.99. The zero-order valence-corrected chi connectivity index (χ0v) is 13.5. The molecule has 0 saturated carbocycles. The summed E-state index contributed by atoms with van der Waals surface area (Å²) in [6.07, 6.45) is 0.506. The van der Waals surface area contributed by atoms with Crippen LogP contribution in [0.5, 0.6) is 0 Å². The van der Waals surface area contributed by atoms with Crippen LogP contribution in [0.25, 0.3) is 0 Å². The fourth-order valence-electron chi connectivity index (χ4n) is 2.78. The Morgan fingerprint density at radius 3 is 2.36 bits per heavy atom. The first kappa shape index (κ1) is 15.1. The van der Waals surface area contributed by atoms with Gasteiger partial charge in [0.15, 0.2) is 0 Å². The monoisotopic (exact) mass is 323 g/mol. The maximum Gasteiger partial charge on any atom is 0.414 e. The molecule has 2 heterocycles. The van der Waals surface area contributed by atoms with E-state index in [0.717, 1.165) is 17.8 Å². The van der Waals surface area contributed by atoms with E-state index in [1.54, 1.807) is 4.90 Å². The van der Waals surface area contributed by atoms with Gasteiger partial charge < -0.3 is 9.64 Å². The zero-order valence-electron chi connectivity index (χ0n) is 12.7. The molecule has 2 fully saturated rings. The lowest BCUT2D eigenvalue weighted by Gasteiger charge is -2.30. The van der Waals surface area contributed by atoms with Crippen molar-refractivity contribution in [3.05, 3.63) is 24.3 Å². The van der Waals surface area contributed by atoms with Crippen molar-refractivity contribution in [1.82, 2.24) is 0 Å². The Morgan fingerprint density at radius 1 is 1.23 bits per heavy atom. The number of cyclic esters (lactones) is 1. The van der Waals surface area contributed by atoms with E-state index in [2.05, 4.69) is 4.90 Å². The summed E-state index contributed by atoms with van der Waals surface area (Å²) in [7, 11) is -2.37. The van der Waals surface area contributed by atoms with Crippen molar-refractivity contribution in [2.75, 3.05) is 40.9 Å². The zero-order chi connectivity index (χ0) is 15.7. The molecular formula is C15H21N3O3S. The lowest BCUT2D eigenvalue weighted by Crippen LogP contribution is -2.39. The summed E-state index contributed by atoms with van der Waals surface area (Å²) in [6, 6.07) is 7.78. The Balaban J connectivity index is 1.70. The third-order valence-corrected chi connectivity index (χ3v) is 5.92. The van der Waals surface area contributed by atoms with E-state index in [1.807, 2.05) is 31.2 Å². The molecule has 2 aliphatic heterocycles. The van der Waals surface area contributed by atoms with Gasteiger partial charge in [0.25, 0.3) is 0 Å². The minimum absolute atomic E-state index is 0.0283. The first-order valence-corrected chi connectivity index (χ1v) is 9.45. The second kappa shape index (κ2) is 5.79. The quantitative estimate of drug-likeness (QED) is 0.926. The first-order chi connectivity index (χ1) is 10.5. The van der Waals surface area contributed by atoms with Crippen molar-refractivity contribution in [3.8, 4) is 0 Å². The SMILES string of the molecule is CC[C@H]1CN(c2ccc(N3CCS(=N)(=O)CC3)cc2)C(=O)O1. The van der Waals surface area contributed by atoms with Crippen LogP contribution in [0.1, 0.15) is 13.3 Å². The van der Waals surface area contributed by atoms with E-state index >= 15 is 0 Å². The van der Waals surface area contributed by atoms with Crippen molar-refractivity contribution in [2.45, 2.75) is 19.4 Å².